The van der Waals surface area contributed by atoms with E-state index in [1.54, 1.807) is 36.1 Å². The van der Waals surface area contributed by atoms with Gasteiger partial charge in [-0.25, -0.2) is 4.79 Å². The van der Waals surface area contributed by atoms with Gasteiger partial charge in [-0.2, -0.15) is 0 Å². The Labute approximate surface area is 135 Å². The molecule has 1 aromatic carbocycles. The van der Waals surface area contributed by atoms with Crippen molar-refractivity contribution >= 4 is 17.8 Å². The number of carbonyl (C=O) groups is 1. The van der Waals surface area contributed by atoms with Crippen molar-refractivity contribution in [1.29, 1.82) is 0 Å². The molecule has 2 rings (SSSR count). The Morgan fingerprint density at radius 1 is 1.23 bits per heavy atom. The Morgan fingerprint density at radius 3 is 2.59 bits per heavy atom. The molecular formula is C17H21N3OS. The van der Waals surface area contributed by atoms with Crippen LogP contribution in [0.25, 0.3) is 0 Å². The zero-order chi connectivity index (χ0) is 15.8. The molecule has 0 aliphatic heterocycles. The number of carbonyl (C=O) groups excluding carboxylic acids is 1. The molecule has 2 amide bonds. The lowest BCUT2D eigenvalue weighted by Gasteiger charge is -2.19. The number of benzene rings is 1. The van der Waals surface area contributed by atoms with Crippen LogP contribution in [-0.4, -0.2) is 34.8 Å². The van der Waals surface area contributed by atoms with E-state index >= 15 is 0 Å². The van der Waals surface area contributed by atoms with Gasteiger partial charge in [0.2, 0.25) is 0 Å². The van der Waals surface area contributed by atoms with Crippen LogP contribution in [-0.2, 0) is 6.54 Å². The minimum atomic E-state index is -0.0580. The number of rotatable bonds is 6. The number of aromatic nitrogens is 1. The van der Waals surface area contributed by atoms with Gasteiger partial charge in [0.1, 0.15) is 0 Å². The van der Waals surface area contributed by atoms with Gasteiger partial charge in [-0.05, 0) is 29.8 Å². The average Bonchev–Trinajstić information content (AvgIpc) is 2.54. The van der Waals surface area contributed by atoms with Crippen molar-refractivity contribution in [2.24, 2.45) is 0 Å². The summed E-state index contributed by atoms with van der Waals surface area (Å²) in [5, 5.41) is 3.29. The van der Waals surface area contributed by atoms with Crippen LogP contribution in [0.4, 0.5) is 4.79 Å². The molecule has 0 saturated carbocycles. The first-order chi connectivity index (χ1) is 10.6. The summed E-state index contributed by atoms with van der Waals surface area (Å²) in [5.41, 5.74) is 1.07. The van der Waals surface area contributed by atoms with Crippen LogP contribution in [0.2, 0.25) is 0 Å². The van der Waals surface area contributed by atoms with Crippen molar-refractivity contribution in [3.63, 3.8) is 0 Å². The summed E-state index contributed by atoms with van der Waals surface area (Å²) >= 11 is 1.76. The third-order valence-corrected chi connectivity index (χ3v) is 4.25. The fraction of sp³-hybridized carbons (Fsp3) is 0.294. The fourth-order valence-electron chi connectivity index (χ4n) is 1.97. The predicted molar refractivity (Wildman–Crippen MR) is 90.9 cm³/mol. The van der Waals surface area contributed by atoms with E-state index in [1.807, 2.05) is 30.3 Å². The second-order valence-electron chi connectivity index (χ2n) is 5.14. The molecule has 1 heterocycles. The van der Waals surface area contributed by atoms with Gasteiger partial charge in [0, 0.05) is 42.7 Å². The van der Waals surface area contributed by atoms with E-state index < -0.39 is 0 Å². The fourth-order valence-corrected chi connectivity index (χ4v) is 2.92. The van der Waals surface area contributed by atoms with Gasteiger partial charge in [0.05, 0.1) is 0 Å². The minimum absolute atomic E-state index is 0.0580. The van der Waals surface area contributed by atoms with Gasteiger partial charge in [0.15, 0.2) is 0 Å². The summed E-state index contributed by atoms with van der Waals surface area (Å²) in [5.74, 6) is 0. The molecule has 1 atom stereocenters. The molecule has 4 nitrogen and oxygen atoms in total. The molecule has 1 aromatic heterocycles. The number of hydrogen-bond acceptors (Lipinski definition) is 3. The van der Waals surface area contributed by atoms with Gasteiger partial charge in [-0.3, -0.25) is 4.98 Å². The monoisotopic (exact) mass is 315 g/mol. The highest BCUT2D eigenvalue weighted by molar-refractivity contribution is 8.00. The molecule has 0 spiro atoms. The van der Waals surface area contributed by atoms with Crippen LogP contribution >= 0.6 is 11.8 Å². The molecule has 22 heavy (non-hydrogen) atoms. The van der Waals surface area contributed by atoms with Gasteiger partial charge in [0.25, 0.3) is 0 Å². The van der Waals surface area contributed by atoms with E-state index in [-0.39, 0.29) is 6.03 Å². The Hall–Kier alpha value is -2.01. The van der Waals surface area contributed by atoms with Gasteiger partial charge in [-0.15, -0.1) is 11.8 Å². The zero-order valence-corrected chi connectivity index (χ0v) is 13.7. The number of hydrogen-bond donors (Lipinski definition) is 1. The van der Waals surface area contributed by atoms with E-state index in [0.717, 1.165) is 5.56 Å². The maximum atomic E-state index is 12.1. The highest BCUT2D eigenvalue weighted by atomic mass is 32.2. The smallest absolute Gasteiger partial charge is 0.317 e. The lowest BCUT2D eigenvalue weighted by atomic mass is 10.2. The Bertz CT molecular complexity index is 577. The molecule has 0 radical (unpaired) electrons. The lowest BCUT2D eigenvalue weighted by Crippen LogP contribution is -2.39. The molecule has 0 fully saturated rings. The molecule has 2 aromatic rings. The van der Waals surface area contributed by atoms with Crippen molar-refractivity contribution in [2.75, 3.05) is 13.6 Å². The predicted octanol–water partition coefficient (Wildman–Crippen LogP) is 3.40. The number of nitrogens with zero attached hydrogens (tertiary/aromatic N) is 2. The van der Waals surface area contributed by atoms with Gasteiger partial charge >= 0.3 is 6.03 Å². The number of nitrogens with one attached hydrogen (secondary N) is 1. The number of thioether (sulfide) groups is 1. The second-order valence-corrected chi connectivity index (χ2v) is 6.65. The number of urea groups is 1. The summed E-state index contributed by atoms with van der Waals surface area (Å²) in [6, 6.07) is 14.0. The highest BCUT2D eigenvalue weighted by Gasteiger charge is 2.11. The van der Waals surface area contributed by atoms with Gasteiger partial charge in [-0.1, -0.05) is 25.1 Å². The van der Waals surface area contributed by atoms with Crippen molar-refractivity contribution < 1.29 is 4.79 Å². The van der Waals surface area contributed by atoms with Gasteiger partial charge < -0.3 is 10.2 Å². The van der Waals surface area contributed by atoms with E-state index in [0.29, 0.717) is 18.3 Å². The average molecular weight is 315 g/mol. The van der Waals surface area contributed by atoms with Crippen molar-refractivity contribution in [2.45, 2.75) is 23.6 Å². The summed E-state index contributed by atoms with van der Waals surface area (Å²) in [7, 11) is 1.80. The first kappa shape index (κ1) is 16.4. The van der Waals surface area contributed by atoms with Crippen molar-refractivity contribution in [3.8, 4) is 0 Å². The van der Waals surface area contributed by atoms with Crippen LogP contribution < -0.4 is 5.32 Å². The molecule has 5 heteroatoms. The molecule has 0 bridgehead atoms. The number of pyridine rings is 1. The summed E-state index contributed by atoms with van der Waals surface area (Å²) in [6.07, 6.45) is 3.47. The molecular weight excluding hydrogens is 294 g/mol. The molecule has 0 saturated heterocycles. The van der Waals surface area contributed by atoms with Crippen LogP contribution in [0.1, 0.15) is 12.5 Å². The Morgan fingerprint density at radius 2 is 1.91 bits per heavy atom. The Balaban J connectivity index is 1.74. The molecule has 0 unspecified atom stereocenters. The zero-order valence-electron chi connectivity index (χ0n) is 12.9. The third kappa shape index (κ3) is 5.41. The minimum Gasteiger partial charge on any atom is -0.337 e. The molecule has 0 aliphatic carbocycles. The first-order valence-corrected chi connectivity index (χ1v) is 8.12. The van der Waals surface area contributed by atoms with Crippen molar-refractivity contribution in [1.82, 2.24) is 15.2 Å². The maximum Gasteiger partial charge on any atom is 0.317 e. The quantitative estimate of drug-likeness (QED) is 0.831. The number of amides is 2. The van der Waals surface area contributed by atoms with E-state index in [1.165, 1.54) is 4.90 Å². The SMILES string of the molecule is C[C@@H](CNC(=O)N(C)Cc1ccncc1)Sc1ccccc1. The summed E-state index contributed by atoms with van der Waals surface area (Å²) < 4.78 is 0. The van der Waals surface area contributed by atoms with Crippen LogP contribution in [0.15, 0.2) is 59.8 Å². The van der Waals surface area contributed by atoms with E-state index in [2.05, 4.69) is 29.4 Å². The van der Waals surface area contributed by atoms with Crippen LogP contribution in [0.3, 0.4) is 0 Å². The maximum absolute atomic E-state index is 12.1. The first-order valence-electron chi connectivity index (χ1n) is 7.24. The summed E-state index contributed by atoms with van der Waals surface area (Å²) in [4.78, 5) is 19.0. The molecule has 0 aliphatic rings. The van der Waals surface area contributed by atoms with Crippen molar-refractivity contribution in [3.05, 3.63) is 60.4 Å². The second kappa shape index (κ2) is 8.44. The highest BCUT2D eigenvalue weighted by Crippen LogP contribution is 2.21. The van der Waals surface area contributed by atoms with Crippen LogP contribution in [0.5, 0.6) is 0 Å². The summed E-state index contributed by atoms with van der Waals surface area (Å²) in [6.45, 7) is 3.33. The molecule has 116 valence electrons. The third-order valence-electron chi connectivity index (χ3n) is 3.14. The topological polar surface area (TPSA) is 45.2 Å². The van der Waals surface area contributed by atoms with E-state index in [4.69, 9.17) is 0 Å². The Kier molecular flexibility index (Phi) is 6.27. The molecule has 1 N–H and O–H groups in total. The lowest BCUT2D eigenvalue weighted by molar-refractivity contribution is 0.207. The standard InChI is InChI=1S/C17H21N3OS/c1-14(22-16-6-4-3-5-7-16)12-19-17(21)20(2)13-15-8-10-18-11-9-15/h3-11,14H,12-13H2,1-2H3,(H,19,21)/t14-/m0/s1. The van der Waals surface area contributed by atoms with Crippen LogP contribution in [0, 0.1) is 0 Å². The van der Waals surface area contributed by atoms with E-state index in [9.17, 15) is 4.79 Å². The normalized spacial score (nSPS) is 11.7. The largest absolute Gasteiger partial charge is 0.337 e.